The molecule has 0 spiro atoms. The van der Waals surface area contributed by atoms with Crippen molar-refractivity contribution in [3.8, 4) is 17.2 Å². The molecular weight excluding hydrogens is 472 g/mol. The van der Waals surface area contributed by atoms with Gasteiger partial charge >= 0.3 is 5.97 Å². The molecule has 0 radical (unpaired) electrons. The van der Waals surface area contributed by atoms with Gasteiger partial charge in [-0.2, -0.15) is 0 Å². The monoisotopic (exact) mass is 498 g/mol. The maximum atomic E-state index is 13.0. The molecule has 0 aliphatic carbocycles. The van der Waals surface area contributed by atoms with E-state index >= 15 is 0 Å². The summed E-state index contributed by atoms with van der Waals surface area (Å²) in [7, 11) is 0. The number of thiophene rings is 1. The molecule has 7 nitrogen and oxygen atoms in total. The van der Waals surface area contributed by atoms with Crippen molar-refractivity contribution in [1.29, 1.82) is 0 Å². The molecule has 1 aliphatic rings. The fraction of sp³-hybridized carbons (Fsp3) is 0.280. The van der Waals surface area contributed by atoms with Gasteiger partial charge in [0.2, 0.25) is 6.79 Å². The van der Waals surface area contributed by atoms with Crippen LogP contribution in [0.2, 0.25) is 0 Å². The number of benzene rings is 2. The second-order valence-corrected chi connectivity index (χ2v) is 9.07. The van der Waals surface area contributed by atoms with Gasteiger partial charge in [0.15, 0.2) is 16.6 Å². The van der Waals surface area contributed by atoms with Crippen LogP contribution in [-0.4, -0.2) is 31.1 Å². The Bertz CT molecular complexity index is 1210. The van der Waals surface area contributed by atoms with Crippen LogP contribution < -0.4 is 24.8 Å². The van der Waals surface area contributed by atoms with Gasteiger partial charge in [-0.25, -0.2) is 4.79 Å². The summed E-state index contributed by atoms with van der Waals surface area (Å²) >= 11 is 7.02. The number of para-hydroxylation sites is 2. The van der Waals surface area contributed by atoms with Gasteiger partial charge in [-0.05, 0) is 74.8 Å². The van der Waals surface area contributed by atoms with Crippen molar-refractivity contribution < 1.29 is 23.7 Å². The molecule has 0 saturated heterocycles. The first-order chi connectivity index (χ1) is 16.5. The summed E-state index contributed by atoms with van der Waals surface area (Å²) in [4.78, 5) is 14.0. The van der Waals surface area contributed by atoms with Crippen LogP contribution >= 0.6 is 23.6 Å². The standard InChI is InChI=1S/C25H26N2O5S2/c1-4-29-19-9-7-6-8-18(19)26-25(33)27-23-22(24(28)30-5-2)17(15(3)34-23)12-16-10-11-20-21(13-16)32-14-31-20/h6-11,13H,4-5,12,14H2,1-3H3,(H2,26,27,33). The van der Waals surface area contributed by atoms with E-state index < -0.39 is 0 Å². The Morgan fingerprint density at radius 1 is 1.09 bits per heavy atom. The number of hydrogen-bond acceptors (Lipinski definition) is 7. The SMILES string of the molecule is CCOC(=O)c1c(NC(=S)Nc2ccccc2OCC)sc(C)c1Cc1ccc2c(c1)OCO2. The minimum atomic E-state index is -0.386. The van der Waals surface area contributed by atoms with Gasteiger partial charge in [0.05, 0.1) is 24.5 Å². The molecule has 1 aliphatic heterocycles. The van der Waals surface area contributed by atoms with Crippen LogP contribution in [0.25, 0.3) is 0 Å². The number of carbonyl (C=O) groups is 1. The van der Waals surface area contributed by atoms with Crippen LogP contribution in [0.3, 0.4) is 0 Å². The molecule has 4 rings (SSSR count). The van der Waals surface area contributed by atoms with Crippen LogP contribution in [0.5, 0.6) is 17.2 Å². The van der Waals surface area contributed by atoms with Crippen molar-refractivity contribution in [1.82, 2.24) is 0 Å². The van der Waals surface area contributed by atoms with Gasteiger partial charge in [-0.1, -0.05) is 18.2 Å². The Balaban J connectivity index is 1.60. The normalized spacial score (nSPS) is 11.7. The predicted molar refractivity (Wildman–Crippen MR) is 138 cm³/mol. The van der Waals surface area contributed by atoms with Crippen LogP contribution in [0.1, 0.15) is 40.2 Å². The summed E-state index contributed by atoms with van der Waals surface area (Å²) in [6, 6.07) is 13.4. The Morgan fingerprint density at radius 2 is 1.88 bits per heavy atom. The van der Waals surface area contributed by atoms with Crippen molar-refractivity contribution >= 4 is 45.3 Å². The minimum Gasteiger partial charge on any atom is -0.492 e. The molecule has 0 atom stereocenters. The summed E-state index contributed by atoms with van der Waals surface area (Å²) in [5, 5.41) is 7.35. The van der Waals surface area contributed by atoms with Gasteiger partial charge in [-0.3, -0.25) is 0 Å². The third-order valence-electron chi connectivity index (χ3n) is 5.17. The number of aryl methyl sites for hydroxylation is 1. The largest absolute Gasteiger partial charge is 0.492 e. The number of anilines is 2. The number of hydrogen-bond donors (Lipinski definition) is 2. The van der Waals surface area contributed by atoms with E-state index in [0.717, 1.165) is 27.4 Å². The quantitative estimate of drug-likeness (QED) is 0.300. The number of nitrogens with one attached hydrogen (secondary N) is 2. The zero-order valence-corrected chi connectivity index (χ0v) is 20.9. The van der Waals surface area contributed by atoms with Gasteiger partial charge < -0.3 is 29.6 Å². The summed E-state index contributed by atoms with van der Waals surface area (Å²) in [6.07, 6.45) is 0.544. The third-order valence-corrected chi connectivity index (χ3v) is 6.44. The van der Waals surface area contributed by atoms with E-state index in [2.05, 4.69) is 10.6 Å². The van der Waals surface area contributed by atoms with Crippen LogP contribution in [0.4, 0.5) is 10.7 Å². The van der Waals surface area contributed by atoms with Gasteiger partial charge in [0, 0.05) is 4.88 Å². The molecule has 0 fully saturated rings. The first-order valence-corrected chi connectivity index (χ1v) is 12.2. The molecule has 2 N–H and O–H groups in total. The third kappa shape index (κ3) is 5.26. The molecule has 1 aromatic heterocycles. The summed E-state index contributed by atoms with van der Waals surface area (Å²) in [5.74, 6) is 1.75. The lowest BCUT2D eigenvalue weighted by molar-refractivity contribution is 0.0527. The molecule has 34 heavy (non-hydrogen) atoms. The van der Waals surface area contributed by atoms with E-state index in [9.17, 15) is 4.79 Å². The van der Waals surface area contributed by atoms with E-state index in [-0.39, 0.29) is 19.4 Å². The highest BCUT2D eigenvalue weighted by atomic mass is 32.1. The lowest BCUT2D eigenvalue weighted by Gasteiger charge is -2.14. The van der Waals surface area contributed by atoms with Gasteiger partial charge in [-0.15, -0.1) is 11.3 Å². The van der Waals surface area contributed by atoms with Crippen molar-refractivity contribution in [2.24, 2.45) is 0 Å². The van der Waals surface area contributed by atoms with Crippen LogP contribution in [-0.2, 0) is 11.2 Å². The van der Waals surface area contributed by atoms with Gasteiger partial charge in [0.1, 0.15) is 10.8 Å². The topological polar surface area (TPSA) is 78.1 Å². The van der Waals surface area contributed by atoms with E-state index in [1.807, 2.05) is 56.3 Å². The lowest BCUT2D eigenvalue weighted by atomic mass is 10.0. The summed E-state index contributed by atoms with van der Waals surface area (Å²) in [5.41, 5.74) is 3.13. The maximum absolute atomic E-state index is 13.0. The number of ether oxygens (including phenoxy) is 4. The molecule has 0 amide bonds. The highest BCUT2D eigenvalue weighted by Gasteiger charge is 2.25. The van der Waals surface area contributed by atoms with E-state index in [4.69, 9.17) is 31.2 Å². The van der Waals surface area contributed by atoms with Crippen molar-refractivity contribution in [3.63, 3.8) is 0 Å². The highest BCUT2D eigenvalue weighted by molar-refractivity contribution is 7.80. The van der Waals surface area contributed by atoms with Crippen LogP contribution in [0.15, 0.2) is 42.5 Å². The predicted octanol–water partition coefficient (Wildman–Crippen LogP) is 5.76. The Kier molecular flexibility index (Phi) is 7.54. The van der Waals surface area contributed by atoms with E-state index in [0.29, 0.717) is 40.2 Å². The number of rotatable bonds is 8. The van der Waals surface area contributed by atoms with Gasteiger partial charge in [0.25, 0.3) is 0 Å². The van der Waals surface area contributed by atoms with E-state index in [1.165, 1.54) is 11.3 Å². The Morgan fingerprint density at radius 3 is 2.68 bits per heavy atom. The molecule has 0 saturated carbocycles. The average Bonchev–Trinajstić information content (AvgIpc) is 3.39. The molecule has 9 heteroatoms. The Hall–Kier alpha value is -3.30. The molecule has 2 heterocycles. The second kappa shape index (κ2) is 10.8. The average molecular weight is 499 g/mol. The first-order valence-electron chi connectivity index (χ1n) is 11.0. The second-order valence-electron chi connectivity index (χ2n) is 7.43. The zero-order valence-electron chi connectivity index (χ0n) is 19.2. The summed E-state index contributed by atoms with van der Waals surface area (Å²) < 4.78 is 22.0. The highest BCUT2D eigenvalue weighted by Crippen LogP contribution is 2.38. The summed E-state index contributed by atoms with van der Waals surface area (Å²) in [6.45, 7) is 6.74. The molecular formula is C25H26N2O5S2. The fourth-order valence-corrected chi connectivity index (χ4v) is 5.00. The van der Waals surface area contributed by atoms with Crippen molar-refractivity contribution in [2.45, 2.75) is 27.2 Å². The number of esters is 1. The van der Waals surface area contributed by atoms with Crippen molar-refractivity contribution in [2.75, 3.05) is 30.6 Å². The van der Waals surface area contributed by atoms with Crippen molar-refractivity contribution in [3.05, 3.63) is 64.0 Å². The molecule has 3 aromatic rings. The smallest absolute Gasteiger partial charge is 0.341 e. The lowest BCUT2D eigenvalue weighted by Crippen LogP contribution is -2.21. The zero-order chi connectivity index (χ0) is 24.1. The number of fused-ring (bicyclic) bond motifs is 1. The Labute approximate surface area is 208 Å². The van der Waals surface area contributed by atoms with E-state index in [1.54, 1.807) is 6.92 Å². The minimum absolute atomic E-state index is 0.218. The number of carbonyl (C=O) groups excluding carboxylic acids is 1. The molecule has 2 aromatic carbocycles. The molecule has 0 unspecified atom stereocenters. The first kappa shape index (κ1) is 23.8. The van der Waals surface area contributed by atoms with Crippen LogP contribution in [0, 0.1) is 6.92 Å². The number of thiocarbonyl (C=S) groups is 1. The maximum Gasteiger partial charge on any atom is 0.341 e. The molecule has 0 bridgehead atoms. The molecule has 178 valence electrons. The fourth-order valence-electron chi connectivity index (χ4n) is 3.66.